The van der Waals surface area contributed by atoms with Gasteiger partial charge >= 0.3 is 0 Å². The summed E-state index contributed by atoms with van der Waals surface area (Å²) >= 11 is 0. The highest BCUT2D eigenvalue weighted by Crippen LogP contribution is 2.38. The summed E-state index contributed by atoms with van der Waals surface area (Å²) in [6.07, 6.45) is 5.22. The van der Waals surface area contributed by atoms with Crippen LogP contribution in [0.2, 0.25) is 0 Å². The molecule has 5 heteroatoms. The Bertz CT molecular complexity index is 413. The van der Waals surface area contributed by atoms with Gasteiger partial charge in [-0.15, -0.1) is 0 Å². The van der Waals surface area contributed by atoms with Crippen LogP contribution in [0.25, 0.3) is 0 Å². The number of hydrogen-bond acceptors (Lipinski definition) is 4. The molecule has 0 radical (unpaired) electrons. The SMILES string of the molecule is CCC1(C)CCN(C2(CN)CCCS(=O)(=O)C2)CC1. The summed E-state index contributed by atoms with van der Waals surface area (Å²) in [6, 6.07) is 0. The lowest BCUT2D eigenvalue weighted by Gasteiger charge is -2.50. The second kappa shape index (κ2) is 5.34. The highest BCUT2D eigenvalue weighted by Gasteiger charge is 2.44. The van der Waals surface area contributed by atoms with E-state index < -0.39 is 9.84 Å². The van der Waals surface area contributed by atoms with Crippen molar-refractivity contribution >= 4 is 9.84 Å². The lowest BCUT2D eigenvalue weighted by atomic mass is 9.76. The summed E-state index contributed by atoms with van der Waals surface area (Å²) in [5.41, 5.74) is 6.13. The second-order valence-corrected chi connectivity index (χ2v) is 8.96. The van der Waals surface area contributed by atoms with Crippen LogP contribution in [-0.2, 0) is 9.84 Å². The molecule has 0 aliphatic carbocycles. The van der Waals surface area contributed by atoms with Gasteiger partial charge in [-0.3, -0.25) is 4.90 Å². The molecule has 0 amide bonds. The van der Waals surface area contributed by atoms with Gasteiger partial charge in [0.25, 0.3) is 0 Å². The van der Waals surface area contributed by atoms with Crippen LogP contribution in [0.15, 0.2) is 0 Å². The van der Waals surface area contributed by atoms with E-state index >= 15 is 0 Å². The van der Waals surface area contributed by atoms with Crippen molar-refractivity contribution < 1.29 is 8.42 Å². The molecule has 2 fully saturated rings. The van der Waals surface area contributed by atoms with Crippen molar-refractivity contribution in [3.8, 4) is 0 Å². The molecule has 4 nitrogen and oxygen atoms in total. The summed E-state index contributed by atoms with van der Waals surface area (Å²) in [6.45, 7) is 7.06. The fraction of sp³-hybridized carbons (Fsp3) is 1.00. The summed E-state index contributed by atoms with van der Waals surface area (Å²) in [5, 5.41) is 0. The Morgan fingerprint density at radius 2 is 1.84 bits per heavy atom. The second-order valence-electron chi connectivity index (χ2n) is 6.78. The number of sulfone groups is 1. The third-order valence-electron chi connectivity index (χ3n) is 5.46. The standard InChI is InChI=1S/C14H28N2O2S/c1-3-13(2)6-8-16(9-7-13)14(11-15)5-4-10-19(17,18)12-14/h3-12,15H2,1-2H3. The number of hydrogen-bond donors (Lipinski definition) is 1. The van der Waals surface area contributed by atoms with E-state index in [1.807, 2.05) is 0 Å². The lowest BCUT2D eigenvalue weighted by molar-refractivity contribution is 0.0294. The van der Waals surface area contributed by atoms with Crippen LogP contribution in [0.5, 0.6) is 0 Å². The van der Waals surface area contributed by atoms with Crippen molar-refractivity contribution in [2.75, 3.05) is 31.1 Å². The Labute approximate surface area is 117 Å². The Kier molecular flexibility index (Phi) is 4.29. The minimum Gasteiger partial charge on any atom is -0.329 e. The van der Waals surface area contributed by atoms with Gasteiger partial charge in [0.05, 0.1) is 11.5 Å². The van der Waals surface area contributed by atoms with Crippen LogP contribution >= 0.6 is 0 Å². The quantitative estimate of drug-likeness (QED) is 0.853. The molecule has 0 bridgehead atoms. The van der Waals surface area contributed by atoms with Gasteiger partial charge in [-0.1, -0.05) is 20.3 Å². The average Bonchev–Trinajstić information content (AvgIpc) is 2.38. The molecule has 0 saturated carbocycles. The number of likely N-dealkylation sites (tertiary alicyclic amines) is 1. The van der Waals surface area contributed by atoms with Gasteiger partial charge in [0.2, 0.25) is 0 Å². The third-order valence-corrected chi connectivity index (χ3v) is 7.35. The monoisotopic (exact) mass is 288 g/mol. The van der Waals surface area contributed by atoms with Crippen LogP contribution in [0.4, 0.5) is 0 Å². The summed E-state index contributed by atoms with van der Waals surface area (Å²) in [7, 11) is -2.91. The fourth-order valence-corrected chi connectivity index (χ4v) is 5.58. The number of nitrogens with zero attached hydrogens (tertiary/aromatic N) is 1. The first-order valence-electron chi connectivity index (χ1n) is 7.50. The van der Waals surface area contributed by atoms with Crippen LogP contribution in [-0.4, -0.2) is 50.0 Å². The average molecular weight is 288 g/mol. The lowest BCUT2D eigenvalue weighted by Crippen LogP contribution is -2.62. The van der Waals surface area contributed by atoms with Crippen molar-refractivity contribution in [2.24, 2.45) is 11.1 Å². The van der Waals surface area contributed by atoms with E-state index in [4.69, 9.17) is 5.73 Å². The van der Waals surface area contributed by atoms with E-state index in [1.54, 1.807) is 0 Å². The van der Waals surface area contributed by atoms with Crippen LogP contribution < -0.4 is 5.73 Å². The largest absolute Gasteiger partial charge is 0.329 e. The van der Waals surface area contributed by atoms with Crippen molar-refractivity contribution in [3.63, 3.8) is 0 Å². The molecule has 1 atom stereocenters. The van der Waals surface area contributed by atoms with Gasteiger partial charge in [0.1, 0.15) is 0 Å². The summed E-state index contributed by atoms with van der Waals surface area (Å²) in [4.78, 5) is 2.38. The highest BCUT2D eigenvalue weighted by atomic mass is 32.2. The van der Waals surface area contributed by atoms with Crippen molar-refractivity contribution in [1.29, 1.82) is 0 Å². The van der Waals surface area contributed by atoms with Crippen molar-refractivity contribution in [1.82, 2.24) is 4.90 Å². The normalized spacial score (nSPS) is 35.1. The topological polar surface area (TPSA) is 63.4 Å². The van der Waals surface area contributed by atoms with E-state index in [1.165, 1.54) is 6.42 Å². The molecule has 2 saturated heterocycles. The minimum absolute atomic E-state index is 0.263. The van der Waals surface area contributed by atoms with Gasteiger partial charge in [-0.2, -0.15) is 0 Å². The third kappa shape index (κ3) is 3.14. The Hall–Kier alpha value is -0.130. The maximum atomic E-state index is 12.0. The molecule has 1 unspecified atom stereocenters. The zero-order valence-corrected chi connectivity index (χ0v) is 13.1. The zero-order valence-electron chi connectivity index (χ0n) is 12.3. The fourth-order valence-electron chi connectivity index (χ4n) is 3.59. The molecule has 0 aromatic rings. The predicted octanol–water partition coefficient (Wildman–Crippen LogP) is 1.40. The molecule has 2 aliphatic heterocycles. The molecule has 2 rings (SSSR count). The number of rotatable bonds is 3. The molecule has 0 aromatic heterocycles. The molecule has 0 spiro atoms. The molecule has 0 aromatic carbocycles. The summed E-state index contributed by atoms with van der Waals surface area (Å²) in [5.74, 6) is 0.606. The number of piperidine rings is 1. The first-order valence-corrected chi connectivity index (χ1v) is 9.32. The van der Waals surface area contributed by atoms with Crippen molar-refractivity contribution in [2.45, 2.75) is 51.5 Å². The van der Waals surface area contributed by atoms with E-state index in [0.29, 0.717) is 17.7 Å². The molecule has 112 valence electrons. The van der Waals surface area contributed by atoms with E-state index in [9.17, 15) is 8.42 Å². The van der Waals surface area contributed by atoms with Crippen LogP contribution in [0.1, 0.15) is 46.0 Å². The molecule has 2 heterocycles. The van der Waals surface area contributed by atoms with Crippen LogP contribution in [0, 0.1) is 5.41 Å². The van der Waals surface area contributed by atoms with E-state index in [0.717, 1.165) is 38.8 Å². The first-order chi connectivity index (χ1) is 8.85. The van der Waals surface area contributed by atoms with Gasteiger partial charge in [-0.05, 0) is 44.2 Å². The number of nitrogens with two attached hydrogens (primary N) is 1. The molecular formula is C14H28N2O2S. The molecule has 2 aliphatic rings. The maximum Gasteiger partial charge on any atom is 0.152 e. The van der Waals surface area contributed by atoms with Gasteiger partial charge in [0.15, 0.2) is 9.84 Å². The Morgan fingerprint density at radius 1 is 1.21 bits per heavy atom. The maximum absolute atomic E-state index is 12.0. The smallest absolute Gasteiger partial charge is 0.152 e. The molecular weight excluding hydrogens is 260 g/mol. The molecule has 2 N–H and O–H groups in total. The highest BCUT2D eigenvalue weighted by molar-refractivity contribution is 7.91. The minimum atomic E-state index is -2.91. The Morgan fingerprint density at radius 3 is 2.32 bits per heavy atom. The molecule has 19 heavy (non-hydrogen) atoms. The van der Waals surface area contributed by atoms with Gasteiger partial charge < -0.3 is 5.73 Å². The Balaban J connectivity index is 2.11. The van der Waals surface area contributed by atoms with Gasteiger partial charge in [0, 0.05) is 12.1 Å². The summed E-state index contributed by atoms with van der Waals surface area (Å²) < 4.78 is 23.9. The van der Waals surface area contributed by atoms with Gasteiger partial charge in [-0.25, -0.2) is 8.42 Å². The predicted molar refractivity (Wildman–Crippen MR) is 78.9 cm³/mol. The van der Waals surface area contributed by atoms with Crippen molar-refractivity contribution in [3.05, 3.63) is 0 Å². The zero-order chi connectivity index (χ0) is 14.1. The van der Waals surface area contributed by atoms with E-state index in [-0.39, 0.29) is 11.3 Å². The first kappa shape index (κ1) is 15.3. The van der Waals surface area contributed by atoms with Crippen LogP contribution in [0.3, 0.4) is 0 Å². The van der Waals surface area contributed by atoms with E-state index in [2.05, 4.69) is 18.7 Å².